The predicted octanol–water partition coefficient (Wildman–Crippen LogP) is 3.38. The number of fused-ring (bicyclic) bond motifs is 1. The Morgan fingerprint density at radius 3 is 2.50 bits per heavy atom. The number of ether oxygens (including phenoxy) is 1. The average molecular weight is 268 g/mol. The molecular formula is C16H12O4. The van der Waals surface area contributed by atoms with Crippen LogP contribution in [0.5, 0.6) is 11.7 Å². The summed E-state index contributed by atoms with van der Waals surface area (Å²) in [6, 6.07) is 13.7. The van der Waals surface area contributed by atoms with Crippen molar-refractivity contribution in [2.45, 2.75) is 0 Å². The van der Waals surface area contributed by atoms with Crippen LogP contribution in [0.1, 0.15) is 15.9 Å². The van der Waals surface area contributed by atoms with E-state index in [0.717, 1.165) is 0 Å². The van der Waals surface area contributed by atoms with Crippen molar-refractivity contribution in [3.63, 3.8) is 0 Å². The smallest absolute Gasteiger partial charge is 0.294 e. The minimum Gasteiger partial charge on any atom is -0.497 e. The van der Waals surface area contributed by atoms with E-state index in [9.17, 15) is 9.90 Å². The van der Waals surface area contributed by atoms with Gasteiger partial charge in [0, 0.05) is 10.9 Å². The third-order valence-electron chi connectivity index (χ3n) is 3.16. The summed E-state index contributed by atoms with van der Waals surface area (Å²) in [6.07, 6.45) is 0. The van der Waals surface area contributed by atoms with Crippen molar-refractivity contribution in [1.82, 2.24) is 0 Å². The molecule has 0 spiro atoms. The summed E-state index contributed by atoms with van der Waals surface area (Å²) in [5, 5.41) is 10.5. The highest BCUT2D eigenvalue weighted by atomic mass is 16.5. The van der Waals surface area contributed by atoms with Crippen LogP contribution in [0.4, 0.5) is 0 Å². The van der Waals surface area contributed by atoms with Crippen molar-refractivity contribution >= 4 is 16.8 Å². The highest BCUT2D eigenvalue weighted by molar-refractivity contribution is 6.17. The van der Waals surface area contributed by atoms with Crippen LogP contribution in [-0.2, 0) is 0 Å². The van der Waals surface area contributed by atoms with Gasteiger partial charge in [-0.3, -0.25) is 4.79 Å². The first kappa shape index (κ1) is 12.3. The van der Waals surface area contributed by atoms with Crippen molar-refractivity contribution in [2.24, 2.45) is 0 Å². The van der Waals surface area contributed by atoms with Crippen molar-refractivity contribution in [3.05, 3.63) is 59.7 Å². The van der Waals surface area contributed by atoms with Crippen LogP contribution in [0.2, 0.25) is 0 Å². The molecular weight excluding hydrogens is 256 g/mol. The zero-order valence-corrected chi connectivity index (χ0v) is 10.8. The minimum atomic E-state index is -0.355. The molecule has 0 saturated heterocycles. The fourth-order valence-corrected chi connectivity index (χ4v) is 2.14. The van der Waals surface area contributed by atoms with Gasteiger partial charge in [-0.2, -0.15) is 0 Å². The number of methoxy groups -OCH3 is 1. The maximum Gasteiger partial charge on any atom is 0.294 e. The summed E-state index contributed by atoms with van der Waals surface area (Å²) in [6.45, 7) is 0. The van der Waals surface area contributed by atoms with E-state index in [0.29, 0.717) is 22.3 Å². The molecule has 0 aliphatic carbocycles. The average Bonchev–Trinajstić information content (AvgIpc) is 2.82. The molecule has 0 radical (unpaired) electrons. The Balaban J connectivity index is 2.09. The van der Waals surface area contributed by atoms with Gasteiger partial charge in [0.1, 0.15) is 16.9 Å². The summed E-state index contributed by atoms with van der Waals surface area (Å²) < 4.78 is 10.3. The molecule has 3 aromatic rings. The zero-order valence-electron chi connectivity index (χ0n) is 10.8. The molecule has 4 heteroatoms. The number of hydrogen-bond acceptors (Lipinski definition) is 4. The van der Waals surface area contributed by atoms with Crippen LogP contribution >= 0.6 is 0 Å². The van der Waals surface area contributed by atoms with Crippen LogP contribution in [-0.4, -0.2) is 18.0 Å². The number of carbonyl (C=O) groups excluding carboxylic acids is 1. The number of rotatable bonds is 3. The molecule has 0 atom stereocenters. The molecule has 0 saturated carbocycles. The second kappa shape index (κ2) is 4.74. The van der Waals surface area contributed by atoms with Gasteiger partial charge in [-0.25, -0.2) is 0 Å². The van der Waals surface area contributed by atoms with Crippen molar-refractivity contribution in [2.75, 3.05) is 7.11 Å². The van der Waals surface area contributed by atoms with E-state index in [4.69, 9.17) is 9.15 Å². The first-order valence-corrected chi connectivity index (χ1v) is 6.10. The second-order valence-corrected chi connectivity index (χ2v) is 4.34. The standard InChI is InChI=1S/C16H12O4/c1-19-11-8-6-10(7-9-11)15(17)14-12-4-2-3-5-13(12)20-16(14)18/h2-9,18H,1H3. The van der Waals surface area contributed by atoms with E-state index in [1.807, 2.05) is 0 Å². The Labute approximate surface area is 115 Å². The number of benzene rings is 2. The van der Waals surface area contributed by atoms with Gasteiger partial charge in [0.25, 0.3) is 5.95 Å². The SMILES string of the molecule is COc1ccc(C(=O)c2c(O)oc3ccccc23)cc1. The van der Waals surface area contributed by atoms with Crippen LogP contribution in [0.15, 0.2) is 52.9 Å². The lowest BCUT2D eigenvalue weighted by molar-refractivity contribution is 0.103. The monoisotopic (exact) mass is 268 g/mol. The molecule has 0 fully saturated rings. The van der Waals surface area contributed by atoms with Gasteiger partial charge < -0.3 is 14.3 Å². The first-order valence-electron chi connectivity index (χ1n) is 6.10. The summed E-state index contributed by atoms with van der Waals surface area (Å²) in [7, 11) is 1.56. The largest absolute Gasteiger partial charge is 0.497 e. The summed E-state index contributed by atoms with van der Waals surface area (Å²) in [4.78, 5) is 12.5. The van der Waals surface area contributed by atoms with E-state index in [2.05, 4.69) is 0 Å². The van der Waals surface area contributed by atoms with Gasteiger partial charge in [-0.15, -0.1) is 0 Å². The Morgan fingerprint density at radius 1 is 1.10 bits per heavy atom. The molecule has 0 unspecified atom stereocenters. The molecule has 20 heavy (non-hydrogen) atoms. The lowest BCUT2D eigenvalue weighted by Crippen LogP contribution is -2.00. The Bertz CT molecular complexity index is 769. The number of aromatic hydroxyl groups is 1. The van der Waals surface area contributed by atoms with Gasteiger partial charge in [-0.1, -0.05) is 18.2 Å². The number of furan rings is 1. The van der Waals surface area contributed by atoms with Crippen molar-refractivity contribution < 1.29 is 19.1 Å². The lowest BCUT2D eigenvalue weighted by atomic mass is 10.0. The second-order valence-electron chi connectivity index (χ2n) is 4.34. The molecule has 0 bridgehead atoms. The van der Waals surface area contributed by atoms with Gasteiger partial charge in [0.15, 0.2) is 0 Å². The molecule has 1 aromatic heterocycles. The normalized spacial score (nSPS) is 10.7. The third kappa shape index (κ3) is 1.91. The van der Waals surface area contributed by atoms with Crippen LogP contribution in [0.25, 0.3) is 11.0 Å². The minimum absolute atomic E-state index is 0.186. The van der Waals surface area contributed by atoms with Gasteiger partial charge in [0.2, 0.25) is 5.78 Å². The van der Waals surface area contributed by atoms with Crippen molar-refractivity contribution in [3.8, 4) is 11.7 Å². The molecule has 0 aliphatic heterocycles. The summed E-state index contributed by atoms with van der Waals surface area (Å²) in [5.41, 5.74) is 1.14. The Hall–Kier alpha value is -2.75. The number of ketones is 1. The topological polar surface area (TPSA) is 59.7 Å². The molecule has 1 N–H and O–H groups in total. The zero-order chi connectivity index (χ0) is 14.1. The van der Waals surface area contributed by atoms with E-state index in [1.54, 1.807) is 55.6 Å². The van der Waals surface area contributed by atoms with Gasteiger partial charge >= 0.3 is 0 Å². The third-order valence-corrected chi connectivity index (χ3v) is 3.16. The quantitative estimate of drug-likeness (QED) is 0.740. The molecule has 100 valence electrons. The number of para-hydroxylation sites is 1. The van der Waals surface area contributed by atoms with Crippen LogP contribution in [0.3, 0.4) is 0 Å². The van der Waals surface area contributed by atoms with E-state index in [1.165, 1.54) is 0 Å². The summed E-state index contributed by atoms with van der Waals surface area (Å²) in [5.74, 6) is 0.0324. The van der Waals surface area contributed by atoms with Gasteiger partial charge in [-0.05, 0) is 30.3 Å². The maximum absolute atomic E-state index is 12.5. The molecule has 3 rings (SSSR count). The van der Waals surface area contributed by atoms with Crippen LogP contribution in [0, 0.1) is 0 Å². The van der Waals surface area contributed by atoms with E-state index in [-0.39, 0.29) is 17.3 Å². The maximum atomic E-state index is 12.5. The summed E-state index contributed by atoms with van der Waals surface area (Å²) >= 11 is 0. The first-order chi connectivity index (χ1) is 9.70. The predicted molar refractivity (Wildman–Crippen MR) is 74.3 cm³/mol. The van der Waals surface area contributed by atoms with E-state index < -0.39 is 0 Å². The van der Waals surface area contributed by atoms with E-state index >= 15 is 0 Å². The lowest BCUT2D eigenvalue weighted by Gasteiger charge is -2.02. The molecule has 4 nitrogen and oxygen atoms in total. The fourth-order valence-electron chi connectivity index (χ4n) is 2.14. The van der Waals surface area contributed by atoms with Crippen LogP contribution < -0.4 is 4.74 Å². The molecule has 2 aromatic carbocycles. The molecule has 1 heterocycles. The number of hydrogen-bond donors (Lipinski definition) is 1. The Kier molecular flexibility index (Phi) is 2.91. The number of carbonyl (C=O) groups is 1. The van der Waals surface area contributed by atoms with Gasteiger partial charge in [0.05, 0.1) is 7.11 Å². The fraction of sp³-hybridized carbons (Fsp3) is 0.0625. The van der Waals surface area contributed by atoms with Crippen molar-refractivity contribution in [1.29, 1.82) is 0 Å². The highest BCUT2D eigenvalue weighted by Gasteiger charge is 2.21. The highest BCUT2D eigenvalue weighted by Crippen LogP contribution is 2.32. The molecule has 0 amide bonds. The Morgan fingerprint density at radius 2 is 1.80 bits per heavy atom. The molecule has 0 aliphatic rings.